The summed E-state index contributed by atoms with van der Waals surface area (Å²) in [6, 6.07) is 2.66. The van der Waals surface area contributed by atoms with E-state index in [9.17, 15) is 26.7 Å². The van der Waals surface area contributed by atoms with Crippen LogP contribution in [0.25, 0.3) is 0 Å². The quantitative estimate of drug-likeness (QED) is 0.818. The number of carbonyl (C=O) groups is 1. The van der Waals surface area contributed by atoms with E-state index < -0.39 is 29.1 Å². The second-order valence-electron chi connectivity index (χ2n) is 6.07. The van der Waals surface area contributed by atoms with E-state index in [1.165, 1.54) is 23.2 Å². The lowest BCUT2D eigenvalue weighted by Gasteiger charge is -2.33. The molecule has 1 amide bonds. The number of hydrogen-bond donors (Lipinski definition) is 1. The molecule has 0 aliphatic carbocycles. The van der Waals surface area contributed by atoms with Gasteiger partial charge in [-0.05, 0) is 17.7 Å². The molecule has 5 nitrogen and oxygen atoms in total. The Morgan fingerprint density at radius 2 is 2.08 bits per heavy atom. The third-order valence-corrected chi connectivity index (χ3v) is 3.85. The average Bonchev–Trinajstić information content (AvgIpc) is 3.00. The molecule has 26 heavy (non-hydrogen) atoms. The second-order valence-corrected chi connectivity index (χ2v) is 6.07. The molecule has 1 aliphatic heterocycles. The van der Waals surface area contributed by atoms with Crippen molar-refractivity contribution in [2.24, 2.45) is 0 Å². The van der Waals surface area contributed by atoms with Crippen LogP contribution in [-0.2, 0) is 17.5 Å². The summed E-state index contributed by atoms with van der Waals surface area (Å²) in [6.07, 6.45) is -2.23. The van der Waals surface area contributed by atoms with Crippen LogP contribution in [0.3, 0.4) is 0 Å². The van der Waals surface area contributed by atoms with Crippen LogP contribution < -0.4 is 5.32 Å². The zero-order chi connectivity index (χ0) is 18.9. The van der Waals surface area contributed by atoms with E-state index in [2.05, 4.69) is 10.3 Å². The molecular formula is C16H14F5N3O2. The molecule has 1 saturated heterocycles. The number of amides is 1. The van der Waals surface area contributed by atoms with Gasteiger partial charge in [-0.1, -0.05) is 6.07 Å². The van der Waals surface area contributed by atoms with Crippen LogP contribution >= 0.6 is 0 Å². The third kappa shape index (κ3) is 4.01. The van der Waals surface area contributed by atoms with E-state index in [1.807, 2.05) is 0 Å². The van der Waals surface area contributed by atoms with Gasteiger partial charge in [0.2, 0.25) is 0 Å². The highest BCUT2D eigenvalue weighted by Gasteiger charge is 2.39. The van der Waals surface area contributed by atoms with Gasteiger partial charge < -0.3 is 14.6 Å². The number of imidazole rings is 1. The summed E-state index contributed by atoms with van der Waals surface area (Å²) >= 11 is 0. The van der Waals surface area contributed by atoms with Crippen molar-refractivity contribution in [3.63, 3.8) is 0 Å². The molecule has 1 aromatic heterocycles. The Morgan fingerprint density at radius 3 is 2.69 bits per heavy atom. The van der Waals surface area contributed by atoms with Crippen LogP contribution in [0.2, 0.25) is 0 Å². The number of halogens is 5. The Morgan fingerprint density at radius 1 is 1.35 bits per heavy atom. The topological polar surface area (TPSA) is 56.1 Å². The van der Waals surface area contributed by atoms with E-state index >= 15 is 0 Å². The number of carbonyl (C=O) groups excluding carboxylic acids is 1. The minimum Gasteiger partial charge on any atom is -0.374 e. The molecule has 2 heterocycles. The Kier molecular flexibility index (Phi) is 4.70. The first kappa shape index (κ1) is 18.3. The highest BCUT2D eigenvalue weighted by Crippen LogP contribution is 2.32. The first-order valence-electron chi connectivity index (χ1n) is 7.59. The van der Waals surface area contributed by atoms with Crippen LogP contribution in [0.5, 0.6) is 0 Å². The van der Waals surface area contributed by atoms with E-state index in [0.717, 1.165) is 6.07 Å². The number of hydrogen-bond acceptors (Lipinski definition) is 3. The Bertz CT molecular complexity index is 814. The first-order chi connectivity index (χ1) is 12.2. The van der Waals surface area contributed by atoms with Crippen molar-refractivity contribution in [3.05, 3.63) is 53.4 Å². The SMILES string of the molecule is O=C(NCC1(F)COC1)c1cn(Cc2ccc(F)c(C(F)(F)F)c2)cn1. The van der Waals surface area contributed by atoms with Crippen LogP contribution in [0, 0.1) is 5.82 Å². The number of nitrogens with zero attached hydrogens (tertiary/aromatic N) is 2. The van der Waals surface area contributed by atoms with E-state index in [0.29, 0.717) is 6.07 Å². The maximum atomic E-state index is 13.8. The summed E-state index contributed by atoms with van der Waals surface area (Å²) in [6.45, 7) is -0.433. The normalized spacial score (nSPS) is 16.2. The molecule has 2 aromatic rings. The number of ether oxygens (including phenoxy) is 1. The van der Waals surface area contributed by atoms with Crippen molar-refractivity contribution in [1.82, 2.24) is 14.9 Å². The molecule has 0 unspecified atom stereocenters. The second kappa shape index (κ2) is 6.67. The summed E-state index contributed by atoms with van der Waals surface area (Å²) < 4.78 is 71.4. The number of benzene rings is 1. The molecule has 10 heteroatoms. The molecule has 3 rings (SSSR count). The van der Waals surface area contributed by atoms with E-state index in [-0.39, 0.29) is 37.6 Å². The molecule has 1 aliphatic rings. The molecule has 140 valence electrons. The fourth-order valence-corrected chi connectivity index (χ4v) is 2.42. The predicted molar refractivity (Wildman–Crippen MR) is 79.7 cm³/mol. The lowest BCUT2D eigenvalue weighted by atomic mass is 10.1. The van der Waals surface area contributed by atoms with Gasteiger partial charge in [-0.2, -0.15) is 13.2 Å². The lowest BCUT2D eigenvalue weighted by molar-refractivity contribution is -0.140. The minimum absolute atomic E-state index is 0.00741. The van der Waals surface area contributed by atoms with Crippen molar-refractivity contribution in [2.75, 3.05) is 19.8 Å². The number of aromatic nitrogens is 2. The summed E-state index contributed by atoms with van der Waals surface area (Å²) in [7, 11) is 0. The molecule has 1 fully saturated rings. The van der Waals surface area contributed by atoms with Crippen LogP contribution in [-0.4, -0.2) is 40.9 Å². The zero-order valence-electron chi connectivity index (χ0n) is 13.3. The summed E-state index contributed by atoms with van der Waals surface area (Å²) in [4.78, 5) is 15.8. The van der Waals surface area contributed by atoms with Gasteiger partial charge in [-0.15, -0.1) is 0 Å². The predicted octanol–water partition coefficient (Wildman–Crippen LogP) is 2.56. The van der Waals surface area contributed by atoms with Gasteiger partial charge in [0.25, 0.3) is 5.91 Å². The average molecular weight is 375 g/mol. The molecule has 0 atom stereocenters. The van der Waals surface area contributed by atoms with Crippen molar-refractivity contribution in [3.8, 4) is 0 Å². The van der Waals surface area contributed by atoms with Crippen molar-refractivity contribution >= 4 is 5.91 Å². The van der Waals surface area contributed by atoms with Crippen molar-refractivity contribution in [2.45, 2.75) is 18.4 Å². The molecule has 1 aromatic carbocycles. The van der Waals surface area contributed by atoms with Crippen LogP contribution in [0.4, 0.5) is 22.0 Å². The van der Waals surface area contributed by atoms with Gasteiger partial charge in [0, 0.05) is 12.7 Å². The fourth-order valence-electron chi connectivity index (χ4n) is 2.42. The summed E-state index contributed by atoms with van der Waals surface area (Å²) in [5, 5.41) is 2.39. The number of nitrogens with one attached hydrogen (secondary N) is 1. The molecule has 0 radical (unpaired) electrons. The molecule has 1 N–H and O–H groups in total. The number of rotatable bonds is 5. The van der Waals surface area contributed by atoms with E-state index in [1.54, 1.807) is 0 Å². The third-order valence-electron chi connectivity index (χ3n) is 3.85. The minimum atomic E-state index is -4.80. The van der Waals surface area contributed by atoms with E-state index in [4.69, 9.17) is 4.74 Å². The maximum absolute atomic E-state index is 13.8. The monoisotopic (exact) mass is 375 g/mol. The Balaban J connectivity index is 1.66. The highest BCUT2D eigenvalue weighted by atomic mass is 19.4. The molecule has 0 saturated carbocycles. The zero-order valence-corrected chi connectivity index (χ0v) is 13.3. The molecule has 0 bridgehead atoms. The van der Waals surface area contributed by atoms with Crippen molar-refractivity contribution in [1.29, 1.82) is 0 Å². The maximum Gasteiger partial charge on any atom is 0.419 e. The van der Waals surface area contributed by atoms with Gasteiger partial charge in [-0.25, -0.2) is 13.8 Å². The Labute approximate surface area is 144 Å². The van der Waals surface area contributed by atoms with Gasteiger partial charge >= 0.3 is 6.18 Å². The first-order valence-corrected chi connectivity index (χ1v) is 7.59. The summed E-state index contributed by atoms with van der Waals surface area (Å²) in [5.41, 5.74) is -2.76. The summed E-state index contributed by atoms with van der Waals surface area (Å²) in [5.74, 6) is -1.96. The fraction of sp³-hybridized carbons (Fsp3) is 0.375. The van der Waals surface area contributed by atoms with Gasteiger partial charge in [0.05, 0.1) is 31.6 Å². The number of alkyl halides is 4. The largest absolute Gasteiger partial charge is 0.419 e. The van der Waals surface area contributed by atoms with Crippen LogP contribution in [0.15, 0.2) is 30.7 Å². The molecular weight excluding hydrogens is 361 g/mol. The van der Waals surface area contributed by atoms with Gasteiger partial charge in [-0.3, -0.25) is 4.79 Å². The van der Waals surface area contributed by atoms with Gasteiger partial charge in [0.1, 0.15) is 11.5 Å². The highest BCUT2D eigenvalue weighted by molar-refractivity contribution is 5.92. The smallest absolute Gasteiger partial charge is 0.374 e. The Hall–Kier alpha value is -2.49. The standard InChI is InChI=1S/C16H14F5N3O2/c17-12-2-1-10(3-11(12)16(19,20)21)4-24-5-13(23-9-24)14(25)22-6-15(18)7-26-8-15/h1-3,5,9H,4,6-8H2,(H,22,25). The van der Waals surface area contributed by atoms with Crippen molar-refractivity contribution < 1.29 is 31.5 Å². The van der Waals surface area contributed by atoms with Gasteiger partial charge in [0.15, 0.2) is 5.67 Å². The van der Waals surface area contributed by atoms with Crippen LogP contribution in [0.1, 0.15) is 21.6 Å². The molecule has 0 spiro atoms. The lowest BCUT2D eigenvalue weighted by Crippen LogP contribution is -2.53.